The summed E-state index contributed by atoms with van der Waals surface area (Å²) in [6, 6.07) is 16.6. The SMILES string of the molecule is N#Cc1cccc(NC(=O)c2ccc(N3CC4CCC(C3)O4)cc2)c1. The van der Waals surface area contributed by atoms with Gasteiger partial charge in [0.25, 0.3) is 5.91 Å². The van der Waals surface area contributed by atoms with Gasteiger partial charge < -0.3 is 15.0 Å². The molecule has 4 rings (SSSR count). The number of rotatable bonds is 3. The zero-order valence-electron chi connectivity index (χ0n) is 13.8. The molecule has 2 aliphatic heterocycles. The van der Waals surface area contributed by atoms with Gasteiger partial charge in [-0.1, -0.05) is 6.07 Å². The van der Waals surface area contributed by atoms with Crippen molar-refractivity contribution in [3.8, 4) is 6.07 Å². The smallest absolute Gasteiger partial charge is 0.255 e. The third-order valence-corrected chi connectivity index (χ3v) is 4.79. The van der Waals surface area contributed by atoms with Crippen LogP contribution in [0.2, 0.25) is 0 Å². The van der Waals surface area contributed by atoms with Gasteiger partial charge in [-0.25, -0.2) is 0 Å². The molecule has 1 amide bonds. The van der Waals surface area contributed by atoms with Crippen molar-refractivity contribution in [3.05, 3.63) is 59.7 Å². The molecule has 0 aromatic heterocycles. The van der Waals surface area contributed by atoms with Crippen molar-refractivity contribution in [1.82, 2.24) is 0 Å². The van der Waals surface area contributed by atoms with Gasteiger partial charge >= 0.3 is 0 Å². The summed E-state index contributed by atoms with van der Waals surface area (Å²) in [7, 11) is 0. The molecule has 126 valence electrons. The van der Waals surface area contributed by atoms with Crippen LogP contribution in [-0.4, -0.2) is 31.2 Å². The number of amides is 1. The average Bonchev–Trinajstić information content (AvgIpc) is 2.99. The highest BCUT2D eigenvalue weighted by molar-refractivity contribution is 6.04. The molecule has 2 bridgehead atoms. The third-order valence-electron chi connectivity index (χ3n) is 4.79. The number of nitriles is 1. The quantitative estimate of drug-likeness (QED) is 0.937. The van der Waals surface area contributed by atoms with E-state index in [2.05, 4.69) is 16.3 Å². The molecule has 0 saturated carbocycles. The molecule has 2 aromatic rings. The fourth-order valence-corrected chi connectivity index (χ4v) is 3.52. The van der Waals surface area contributed by atoms with Gasteiger partial charge in [0, 0.05) is 30.0 Å². The standard InChI is InChI=1S/C20H19N3O2/c21-11-14-2-1-3-16(10-14)22-20(24)15-4-6-17(7-5-15)23-12-18-8-9-19(13-23)25-18/h1-7,10,18-19H,8-9,12-13H2,(H,22,24). The van der Waals surface area contributed by atoms with Crippen LogP contribution in [0.1, 0.15) is 28.8 Å². The second kappa shape index (κ2) is 6.58. The summed E-state index contributed by atoms with van der Waals surface area (Å²) >= 11 is 0. The number of nitrogens with one attached hydrogen (secondary N) is 1. The van der Waals surface area contributed by atoms with Gasteiger partial charge in [-0.15, -0.1) is 0 Å². The van der Waals surface area contributed by atoms with E-state index in [1.807, 2.05) is 24.3 Å². The third kappa shape index (κ3) is 3.35. The van der Waals surface area contributed by atoms with Crippen LogP contribution in [0.25, 0.3) is 0 Å². The Kier molecular flexibility index (Phi) is 4.12. The van der Waals surface area contributed by atoms with Crippen LogP contribution < -0.4 is 10.2 Å². The number of ether oxygens (including phenoxy) is 1. The molecule has 25 heavy (non-hydrogen) atoms. The van der Waals surface area contributed by atoms with E-state index in [-0.39, 0.29) is 5.91 Å². The summed E-state index contributed by atoms with van der Waals surface area (Å²) in [4.78, 5) is 14.7. The number of fused-ring (bicyclic) bond motifs is 2. The number of benzene rings is 2. The lowest BCUT2D eigenvalue weighted by Crippen LogP contribution is -2.42. The topological polar surface area (TPSA) is 65.4 Å². The molecule has 2 saturated heterocycles. The van der Waals surface area contributed by atoms with E-state index < -0.39 is 0 Å². The lowest BCUT2D eigenvalue weighted by Gasteiger charge is -2.33. The Labute approximate surface area is 146 Å². The van der Waals surface area contributed by atoms with Gasteiger partial charge in [0.05, 0.1) is 23.8 Å². The number of carbonyl (C=O) groups is 1. The molecule has 2 atom stereocenters. The van der Waals surface area contributed by atoms with E-state index in [1.54, 1.807) is 24.3 Å². The Morgan fingerprint density at radius 1 is 1.12 bits per heavy atom. The molecule has 0 spiro atoms. The normalized spacial score (nSPS) is 21.6. The maximum atomic E-state index is 12.4. The molecular formula is C20H19N3O2. The minimum Gasteiger partial charge on any atom is -0.371 e. The number of carbonyl (C=O) groups excluding carboxylic acids is 1. The molecule has 2 unspecified atom stereocenters. The molecule has 0 radical (unpaired) electrons. The van der Waals surface area contributed by atoms with Gasteiger partial charge in [0.15, 0.2) is 0 Å². The van der Waals surface area contributed by atoms with Crippen LogP contribution in [0, 0.1) is 11.3 Å². The second-order valence-corrected chi connectivity index (χ2v) is 6.56. The predicted molar refractivity (Wildman–Crippen MR) is 95.7 cm³/mol. The first-order valence-electron chi connectivity index (χ1n) is 8.53. The van der Waals surface area contributed by atoms with Gasteiger partial charge in [-0.2, -0.15) is 5.26 Å². The van der Waals surface area contributed by atoms with Crippen molar-refractivity contribution in [3.63, 3.8) is 0 Å². The Morgan fingerprint density at radius 3 is 2.52 bits per heavy atom. The summed E-state index contributed by atoms with van der Waals surface area (Å²) in [6.07, 6.45) is 2.97. The van der Waals surface area contributed by atoms with Crippen molar-refractivity contribution in [2.75, 3.05) is 23.3 Å². The summed E-state index contributed by atoms with van der Waals surface area (Å²) in [6.45, 7) is 1.84. The summed E-state index contributed by atoms with van der Waals surface area (Å²) in [5, 5.41) is 11.8. The Bertz CT molecular complexity index is 814. The minimum absolute atomic E-state index is 0.177. The largest absolute Gasteiger partial charge is 0.371 e. The maximum Gasteiger partial charge on any atom is 0.255 e. The Morgan fingerprint density at radius 2 is 1.84 bits per heavy atom. The monoisotopic (exact) mass is 333 g/mol. The van der Waals surface area contributed by atoms with Crippen LogP contribution in [0.5, 0.6) is 0 Å². The highest BCUT2D eigenvalue weighted by atomic mass is 16.5. The van der Waals surface area contributed by atoms with Gasteiger partial charge in [0.1, 0.15) is 0 Å². The number of hydrogen-bond donors (Lipinski definition) is 1. The average molecular weight is 333 g/mol. The van der Waals surface area contributed by atoms with E-state index >= 15 is 0 Å². The van der Waals surface area contributed by atoms with Crippen molar-refractivity contribution in [2.24, 2.45) is 0 Å². The van der Waals surface area contributed by atoms with Crippen molar-refractivity contribution in [1.29, 1.82) is 5.26 Å². The van der Waals surface area contributed by atoms with Crippen LogP contribution in [0.4, 0.5) is 11.4 Å². The van der Waals surface area contributed by atoms with Gasteiger partial charge in [-0.3, -0.25) is 4.79 Å². The van der Waals surface area contributed by atoms with Crippen LogP contribution in [0.15, 0.2) is 48.5 Å². The fraction of sp³-hybridized carbons (Fsp3) is 0.300. The lowest BCUT2D eigenvalue weighted by molar-refractivity contribution is 0.0305. The molecular weight excluding hydrogens is 314 g/mol. The molecule has 5 nitrogen and oxygen atoms in total. The number of hydrogen-bond acceptors (Lipinski definition) is 4. The van der Waals surface area contributed by atoms with Crippen molar-refractivity contribution < 1.29 is 9.53 Å². The molecule has 5 heteroatoms. The van der Waals surface area contributed by atoms with Crippen LogP contribution in [-0.2, 0) is 4.74 Å². The Balaban J connectivity index is 1.44. The maximum absolute atomic E-state index is 12.4. The van der Waals surface area contributed by atoms with E-state index in [9.17, 15) is 4.79 Å². The zero-order valence-corrected chi connectivity index (χ0v) is 13.8. The Hall–Kier alpha value is -2.84. The predicted octanol–water partition coefficient (Wildman–Crippen LogP) is 3.18. The highest BCUT2D eigenvalue weighted by Crippen LogP contribution is 2.29. The fourth-order valence-electron chi connectivity index (χ4n) is 3.52. The number of nitrogens with zero attached hydrogens (tertiary/aromatic N) is 2. The molecule has 1 N–H and O–H groups in total. The van der Waals surface area contributed by atoms with E-state index in [0.29, 0.717) is 29.0 Å². The van der Waals surface area contributed by atoms with Crippen LogP contribution in [0.3, 0.4) is 0 Å². The summed E-state index contributed by atoms with van der Waals surface area (Å²) in [5.74, 6) is -0.177. The molecule has 2 heterocycles. The van der Waals surface area contributed by atoms with Gasteiger partial charge in [-0.05, 0) is 55.3 Å². The number of morpholine rings is 1. The van der Waals surface area contributed by atoms with E-state index in [1.165, 1.54) is 0 Å². The lowest BCUT2D eigenvalue weighted by atomic mass is 10.1. The van der Waals surface area contributed by atoms with Crippen molar-refractivity contribution in [2.45, 2.75) is 25.0 Å². The van der Waals surface area contributed by atoms with Crippen molar-refractivity contribution >= 4 is 17.3 Å². The molecule has 2 fully saturated rings. The zero-order chi connectivity index (χ0) is 17.2. The first-order valence-corrected chi connectivity index (χ1v) is 8.53. The molecule has 0 aliphatic carbocycles. The second-order valence-electron chi connectivity index (χ2n) is 6.56. The van der Waals surface area contributed by atoms with E-state index in [0.717, 1.165) is 31.6 Å². The van der Waals surface area contributed by atoms with Crippen LogP contribution >= 0.6 is 0 Å². The first kappa shape index (κ1) is 15.7. The van der Waals surface area contributed by atoms with Gasteiger partial charge in [0.2, 0.25) is 0 Å². The minimum atomic E-state index is -0.177. The first-order chi connectivity index (χ1) is 12.2. The summed E-state index contributed by atoms with van der Waals surface area (Å²) in [5.41, 5.74) is 2.87. The molecule has 2 aliphatic rings. The number of anilines is 2. The summed E-state index contributed by atoms with van der Waals surface area (Å²) < 4.78 is 5.87. The highest BCUT2D eigenvalue weighted by Gasteiger charge is 2.33. The molecule has 2 aromatic carbocycles. The van der Waals surface area contributed by atoms with E-state index in [4.69, 9.17) is 10.00 Å².